The number of benzene rings is 3. The van der Waals surface area contributed by atoms with Crippen LogP contribution >= 0.6 is 0 Å². The van der Waals surface area contributed by atoms with Crippen molar-refractivity contribution in [2.75, 3.05) is 11.9 Å². The van der Waals surface area contributed by atoms with E-state index in [1.165, 1.54) is 6.07 Å². The van der Waals surface area contributed by atoms with Crippen molar-refractivity contribution in [2.45, 2.75) is 6.92 Å². The van der Waals surface area contributed by atoms with Crippen LogP contribution in [0.1, 0.15) is 5.56 Å². The van der Waals surface area contributed by atoms with Gasteiger partial charge in [-0.25, -0.2) is 4.39 Å². The highest BCUT2D eigenvalue weighted by Gasteiger charge is 2.14. The summed E-state index contributed by atoms with van der Waals surface area (Å²) in [5.74, 6) is 0.147. The predicted molar refractivity (Wildman–Crippen MR) is 110 cm³/mol. The van der Waals surface area contributed by atoms with Crippen molar-refractivity contribution in [3.05, 3.63) is 84.2 Å². The van der Waals surface area contributed by atoms with Gasteiger partial charge in [0.05, 0.1) is 5.56 Å². The van der Waals surface area contributed by atoms with Crippen LogP contribution in [0.2, 0.25) is 0 Å². The molecule has 0 aliphatic heterocycles. The molecule has 3 aromatic carbocycles. The van der Waals surface area contributed by atoms with Gasteiger partial charge in [0.25, 0.3) is 11.8 Å². The molecule has 150 valence electrons. The number of anilines is 1. The van der Waals surface area contributed by atoms with Gasteiger partial charge in [-0.05, 0) is 43.3 Å². The number of carbonyl (C=O) groups excluding carboxylic acids is 1. The lowest BCUT2D eigenvalue weighted by molar-refractivity contribution is -0.118. The van der Waals surface area contributed by atoms with Crippen LogP contribution in [0.25, 0.3) is 22.8 Å². The lowest BCUT2D eigenvalue weighted by Crippen LogP contribution is -2.20. The Bertz CT molecular complexity index is 1170. The maximum atomic E-state index is 13.9. The van der Waals surface area contributed by atoms with Gasteiger partial charge in [0, 0.05) is 11.3 Å². The van der Waals surface area contributed by atoms with Crippen LogP contribution < -0.4 is 10.1 Å². The van der Waals surface area contributed by atoms with Gasteiger partial charge in [-0.2, -0.15) is 4.98 Å². The molecule has 30 heavy (non-hydrogen) atoms. The number of ether oxygens (including phenoxy) is 1. The zero-order valence-electron chi connectivity index (χ0n) is 16.1. The van der Waals surface area contributed by atoms with Crippen LogP contribution in [0.3, 0.4) is 0 Å². The van der Waals surface area contributed by atoms with Crippen molar-refractivity contribution in [2.24, 2.45) is 0 Å². The van der Waals surface area contributed by atoms with Crippen molar-refractivity contribution in [1.82, 2.24) is 10.1 Å². The molecule has 4 aromatic rings. The average molecular weight is 403 g/mol. The van der Waals surface area contributed by atoms with E-state index in [1.807, 2.05) is 31.2 Å². The highest BCUT2D eigenvalue weighted by atomic mass is 19.1. The number of hydrogen-bond acceptors (Lipinski definition) is 5. The normalized spacial score (nSPS) is 10.6. The molecule has 1 aromatic heterocycles. The molecule has 0 aliphatic carbocycles. The molecule has 0 unspecified atom stereocenters. The molecular weight excluding hydrogens is 385 g/mol. The van der Waals surface area contributed by atoms with E-state index in [1.54, 1.807) is 42.5 Å². The number of aromatic nitrogens is 2. The zero-order chi connectivity index (χ0) is 20.9. The molecule has 1 N–H and O–H groups in total. The Labute approximate surface area is 172 Å². The second kappa shape index (κ2) is 8.57. The standard InChI is InChI=1S/C23H18FN3O3/c1-15-9-11-17(12-10-15)25-21(28)14-29-18-6-4-5-16(13-18)22-26-23(30-27-22)19-7-2-3-8-20(19)24/h2-13H,14H2,1H3,(H,25,28). The van der Waals surface area contributed by atoms with E-state index in [0.717, 1.165) is 5.56 Å². The Morgan fingerprint density at radius 3 is 2.67 bits per heavy atom. The molecule has 0 saturated carbocycles. The van der Waals surface area contributed by atoms with Gasteiger partial charge < -0.3 is 14.6 Å². The third-order valence-electron chi connectivity index (χ3n) is 4.33. The number of amides is 1. The van der Waals surface area contributed by atoms with Crippen LogP contribution in [-0.2, 0) is 4.79 Å². The molecule has 4 rings (SSSR count). The maximum Gasteiger partial charge on any atom is 0.262 e. The quantitative estimate of drug-likeness (QED) is 0.497. The third-order valence-corrected chi connectivity index (χ3v) is 4.33. The first kappa shape index (κ1) is 19.3. The molecule has 0 fully saturated rings. The fraction of sp³-hybridized carbons (Fsp3) is 0.0870. The second-order valence-corrected chi connectivity index (χ2v) is 6.63. The summed E-state index contributed by atoms with van der Waals surface area (Å²) in [4.78, 5) is 16.4. The van der Waals surface area contributed by atoms with E-state index in [9.17, 15) is 9.18 Å². The summed E-state index contributed by atoms with van der Waals surface area (Å²) in [5.41, 5.74) is 2.67. The highest BCUT2D eigenvalue weighted by molar-refractivity contribution is 5.91. The van der Waals surface area contributed by atoms with Gasteiger partial charge in [-0.15, -0.1) is 0 Å². The topological polar surface area (TPSA) is 77.2 Å². The molecule has 1 amide bonds. The highest BCUT2D eigenvalue weighted by Crippen LogP contribution is 2.26. The van der Waals surface area contributed by atoms with E-state index >= 15 is 0 Å². The predicted octanol–water partition coefficient (Wildman–Crippen LogP) is 4.87. The van der Waals surface area contributed by atoms with Crippen molar-refractivity contribution in [3.8, 4) is 28.6 Å². The van der Waals surface area contributed by atoms with E-state index < -0.39 is 5.82 Å². The number of rotatable bonds is 6. The lowest BCUT2D eigenvalue weighted by atomic mass is 10.2. The number of carbonyl (C=O) groups is 1. The van der Waals surface area contributed by atoms with E-state index in [0.29, 0.717) is 22.8 Å². The van der Waals surface area contributed by atoms with E-state index in [2.05, 4.69) is 15.5 Å². The average Bonchev–Trinajstić information content (AvgIpc) is 3.25. The summed E-state index contributed by atoms with van der Waals surface area (Å²) < 4.78 is 24.7. The van der Waals surface area contributed by atoms with Crippen LogP contribution in [0.4, 0.5) is 10.1 Å². The molecule has 0 radical (unpaired) electrons. The zero-order valence-corrected chi connectivity index (χ0v) is 16.1. The van der Waals surface area contributed by atoms with Crippen molar-refractivity contribution in [3.63, 3.8) is 0 Å². The Morgan fingerprint density at radius 1 is 1.07 bits per heavy atom. The largest absolute Gasteiger partial charge is 0.484 e. The summed E-state index contributed by atoms with van der Waals surface area (Å²) >= 11 is 0. The van der Waals surface area contributed by atoms with E-state index in [4.69, 9.17) is 9.26 Å². The van der Waals surface area contributed by atoms with Gasteiger partial charge >= 0.3 is 0 Å². The van der Waals surface area contributed by atoms with Crippen LogP contribution in [-0.4, -0.2) is 22.7 Å². The molecule has 6 nitrogen and oxygen atoms in total. The second-order valence-electron chi connectivity index (χ2n) is 6.63. The smallest absolute Gasteiger partial charge is 0.262 e. The Balaban J connectivity index is 1.42. The molecule has 0 atom stereocenters. The van der Waals surface area contributed by atoms with Gasteiger partial charge in [-0.3, -0.25) is 4.79 Å². The number of nitrogens with zero attached hydrogens (tertiary/aromatic N) is 2. The van der Waals surface area contributed by atoms with Crippen LogP contribution in [0.15, 0.2) is 77.3 Å². The van der Waals surface area contributed by atoms with Crippen LogP contribution in [0.5, 0.6) is 5.75 Å². The number of aryl methyl sites for hydroxylation is 1. The monoisotopic (exact) mass is 403 g/mol. The maximum absolute atomic E-state index is 13.9. The summed E-state index contributed by atoms with van der Waals surface area (Å²) in [7, 11) is 0. The van der Waals surface area contributed by atoms with E-state index in [-0.39, 0.29) is 24.0 Å². The molecule has 7 heteroatoms. The van der Waals surface area contributed by atoms with Gasteiger partial charge in [0.2, 0.25) is 5.82 Å². The number of nitrogens with one attached hydrogen (secondary N) is 1. The van der Waals surface area contributed by atoms with Gasteiger partial charge in [-0.1, -0.05) is 47.1 Å². The summed E-state index contributed by atoms with van der Waals surface area (Å²) in [6.45, 7) is 1.83. The van der Waals surface area contributed by atoms with Crippen molar-refractivity contribution >= 4 is 11.6 Å². The lowest BCUT2D eigenvalue weighted by Gasteiger charge is -2.08. The minimum atomic E-state index is -0.440. The Kier molecular flexibility index (Phi) is 5.52. The first-order chi connectivity index (χ1) is 14.6. The number of halogens is 1. The number of hydrogen-bond donors (Lipinski definition) is 1. The minimum Gasteiger partial charge on any atom is -0.484 e. The van der Waals surface area contributed by atoms with Gasteiger partial charge in [0.15, 0.2) is 6.61 Å². The SMILES string of the molecule is Cc1ccc(NC(=O)COc2cccc(-c3noc(-c4ccccc4F)n3)c2)cc1. The Morgan fingerprint density at radius 2 is 1.87 bits per heavy atom. The molecule has 0 saturated heterocycles. The molecule has 0 bridgehead atoms. The molecular formula is C23H18FN3O3. The van der Waals surface area contributed by atoms with Crippen LogP contribution in [0, 0.1) is 12.7 Å². The molecule has 1 heterocycles. The van der Waals surface area contributed by atoms with Crippen molar-refractivity contribution < 1.29 is 18.4 Å². The molecule has 0 spiro atoms. The minimum absolute atomic E-state index is 0.0897. The fourth-order valence-electron chi connectivity index (χ4n) is 2.79. The molecule has 0 aliphatic rings. The Hall–Kier alpha value is -4.00. The summed E-state index contributed by atoms with van der Waals surface area (Å²) in [6.07, 6.45) is 0. The third kappa shape index (κ3) is 4.52. The van der Waals surface area contributed by atoms with Crippen molar-refractivity contribution in [1.29, 1.82) is 0 Å². The fourth-order valence-corrected chi connectivity index (χ4v) is 2.79. The van der Waals surface area contributed by atoms with Gasteiger partial charge in [0.1, 0.15) is 11.6 Å². The summed E-state index contributed by atoms with van der Waals surface area (Å²) in [5, 5.41) is 6.69. The first-order valence-corrected chi connectivity index (χ1v) is 9.27. The summed E-state index contributed by atoms with van der Waals surface area (Å²) in [6, 6.07) is 20.6. The first-order valence-electron chi connectivity index (χ1n) is 9.27.